The van der Waals surface area contributed by atoms with Crippen molar-refractivity contribution in [3.8, 4) is 11.5 Å². The van der Waals surface area contributed by atoms with Gasteiger partial charge in [-0.3, -0.25) is 4.79 Å². The molecule has 1 amide bonds. The second kappa shape index (κ2) is 7.20. The SMILES string of the molecule is Cc1ccc2c(c1)[C@H](NC(=O)COc1ccc(Cl)c(C)c1)CC(C)(C)O2. The van der Waals surface area contributed by atoms with Gasteiger partial charge in [0.2, 0.25) is 0 Å². The first-order valence-corrected chi connectivity index (χ1v) is 9.09. The number of hydrogen-bond acceptors (Lipinski definition) is 3. The van der Waals surface area contributed by atoms with Gasteiger partial charge >= 0.3 is 0 Å². The first-order chi connectivity index (χ1) is 12.2. The zero-order chi connectivity index (χ0) is 18.9. The third-order valence-electron chi connectivity index (χ3n) is 4.46. The largest absolute Gasteiger partial charge is 0.487 e. The van der Waals surface area contributed by atoms with E-state index in [1.165, 1.54) is 0 Å². The summed E-state index contributed by atoms with van der Waals surface area (Å²) in [5.41, 5.74) is 2.73. The highest BCUT2D eigenvalue weighted by atomic mass is 35.5. The fourth-order valence-electron chi connectivity index (χ4n) is 3.19. The summed E-state index contributed by atoms with van der Waals surface area (Å²) in [5, 5.41) is 3.76. The molecule has 3 rings (SSSR count). The molecule has 1 atom stereocenters. The Morgan fingerprint density at radius 3 is 2.77 bits per heavy atom. The van der Waals surface area contributed by atoms with Crippen LogP contribution in [-0.4, -0.2) is 18.1 Å². The molecule has 0 saturated carbocycles. The van der Waals surface area contributed by atoms with Crippen LogP contribution in [-0.2, 0) is 4.79 Å². The Morgan fingerprint density at radius 1 is 1.27 bits per heavy atom. The number of hydrogen-bond donors (Lipinski definition) is 1. The maximum atomic E-state index is 12.4. The zero-order valence-electron chi connectivity index (χ0n) is 15.6. The minimum absolute atomic E-state index is 0.0417. The molecule has 2 aromatic carbocycles. The van der Waals surface area contributed by atoms with E-state index in [4.69, 9.17) is 21.1 Å². The number of nitrogens with one attached hydrogen (secondary N) is 1. The molecule has 5 heteroatoms. The summed E-state index contributed by atoms with van der Waals surface area (Å²) in [4.78, 5) is 12.4. The third kappa shape index (κ3) is 4.31. The summed E-state index contributed by atoms with van der Waals surface area (Å²) >= 11 is 6.01. The monoisotopic (exact) mass is 373 g/mol. The Hall–Kier alpha value is -2.20. The van der Waals surface area contributed by atoms with E-state index < -0.39 is 0 Å². The highest BCUT2D eigenvalue weighted by molar-refractivity contribution is 6.31. The number of amides is 1. The topological polar surface area (TPSA) is 47.6 Å². The van der Waals surface area contributed by atoms with Gasteiger partial charge in [0, 0.05) is 17.0 Å². The van der Waals surface area contributed by atoms with Crippen molar-refractivity contribution in [2.24, 2.45) is 0 Å². The van der Waals surface area contributed by atoms with E-state index in [-0.39, 0.29) is 24.2 Å². The average Bonchev–Trinajstić information content (AvgIpc) is 2.56. The first kappa shape index (κ1) is 18.6. The highest BCUT2D eigenvalue weighted by Crippen LogP contribution is 2.39. The molecular formula is C21H24ClNO3. The van der Waals surface area contributed by atoms with Gasteiger partial charge in [-0.15, -0.1) is 0 Å². The van der Waals surface area contributed by atoms with Crippen molar-refractivity contribution in [1.29, 1.82) is 0 Å². The van der Waals surface area contributed by atoms with Crippen molar-refractivity contribution >= 4 is 17.5 Å². The number of rotatable bonds is 4. The summed E-state index contributed by atoms with van der Waals surface area (Å²) < 4.78 is 11.7. The molecular weight excluding hydrogens is 350 g/mol. The van der Waals surface area contributed by atoms with Crippen molar-refractivity contribution in [3.63, 3.8) is 0 Å². The minimum Gasteiger partial charge on any atom is -0.487 e. The van der Waals surface area contributed by atoms with Gasteiger partial charge in [0.05, 0.1) is 6.04 Å². The Kier molecular flexibility index (Phi) is 5.15. The van der Waals surface area contributed by atoms with Crippen LogP contribution in [0.1, 0.15) is 43.0 Å². The molecule has 0 aliphatic carbocycles. The molecule has 1 heterocycles. The fraction of sp³-hybridized carbons (Fsp3) is 0.381. The number of aryl methyl sites for hydroxylation is 2. The van der Waals surface area contributed by atoms with Crippen molar-refractivity contribution in [1.82, 2.24) is 5.32 Å². The molecule has 0 bridgehead atoms. The predicted molar refractivity (Wildman–Crippen MR) is 103 cm³/mol. The lowest BCUT2D eigenvalue weighted by atomic mass is 9.89. The van der Waals surface area contributed by atoms with Crippen molar-refractivity contribution in [2.45, 2.75) is 45.8 Å². The molecule has 4 nitrogen and oxygen atoms in total. The maximum Gasteiger partial charge on any atom is 0.258 e. The molecule has 138 valence electrons. The number of fused-ring (bicyclic) bond motifs is 1. The Labute approximate surface area is 159 Å². The van der Waals surface area contributed by atoms with Crippen molar-refractivity contribution in [3.05, 3.63) is 58.1 Å². The third-order valence-corrected chi connectivity index (χ3v) is 4.88. The van der Waals surface area contributed by atoms with Crippen molar-refractivity contribution < 1.29 is 14.3 Å². The van der Waals surface area contributed by atoms with Gasteiger partial charge in [-0.1, -0.05) is 29.3 Å². The molecule has 0 saturated heterocycles. The maximum absolute atomic E-state index is 12.4. The van der Waals surface area contributed by atoms with Crippen LogP contribution in [0.2, 0.25) is 5.02 Å². The highest BCUT2D eigenvalue weighted by Gasteiger charge is 2.34. The van der Waals surface area contributed by atoms with Crippen LogP contribution >= 0.6 is 11.6 Å². The predicted octanol–water partition coefficient (Wildman–Crippen LogP) is 4.75. The second-order valence-electron chi connectivity index (χ2n) is 7.43. The van der Waals surface area contributed by atoms with Gasteiger partial charge in [-0.25, -0.2) is 0 Å². The summed E-state index contributed by atoms with van der Waals surface area (Å²) in [7, 11) is 0. The van der Waals surface area contributed by atoms with Gasteiger partial charge in [0.25, 0.3) is 5.91 Å². The minimum atomic E-state index is -0.339. The van der Waals surface area contributed by atoms with Crippen LogP contribution < -0.4 is 14.8 Å². The second-order valence-corrected chi connectivity index (χ2v) is 7.83. The average molecular weight is 374 g/mol. The van der Waals surface area contributed by atoms with Gasteiger partial charge < -0.3 is 14.8 Å². The summed E-state index contributed by atoms with van der Waals surface area (Å²) in [6.07, 6.45) is 0.704. The van der Waals surface area contributed by atoms with E-state index in [0.29, 0.717) is 17.2 Å². The molecule has 0 radical (unpaired) electrons. The number of ether oxygens (including phenoxy) is 2. The smallest absolute Gasteiger partial charge is 0.258 e. The first-order valence-electron chi connectivity index (χ1n) is 8.71. The van der Waals surface area contributed by atoms with Crippen LogP contribution in [0.5, 0.6) is 11.5 Å². The van der Waals surface area contributed by atoms with Crippen LogP contribution in [0.15, 0.2) is 36.4 Å². The lowest BCUT2D eigenvalue weighted by Gasteiger charge is -2.38. The van der Waals surface area contributed by atoms with Crippen molar-refractivity contribution in [2.75, 3.05) is 6.61 Å². The molecule has 1 aliphatic rings. The van der Waals surface area contributed by atoms with E-state index in [1.807, 2.05) is 45.9 Å². The van der Waals surface area contributed by atoms with Crippen LogP contribution in [0.3, 0.4) is 0 Å². The summed E-state index contributed by atoms with van der Waals surface area (Å²) in [6, 6.07) is 11.3. The zero-order valence-corrected chi connectivity index (χ0v) is 16.3. The van der Waals surface area contributed by atoms with E-state index in [0.717, 1.165) is 22.4 Å². The number of benzene rings is 2. The van der Waals surface area contributed by atoms with Crippen LogP contribution in [0, 0.1) is 13.8 Å². The van der Waals surface area contributed by atoms with E-state index >= 15 is 0 Å². The van der Waals surface area contributed by atoms with Gasteiger partial charge in [0.1, 0.15) is 17.1 Å². The van der Waals surface area contributed by atoms with Crippen LogP contribution in [0.25, 0.3) is 0 Å². The Bertz CT molecular complexity index is 832. The number of carbonyl (C=O) groups excluding carboxylic acids is 1. The molecule has 1 N–H and O–H groups in total. The summed E-state index contributed by atoms with van der Waals surface area (Å²) in [6.45, 7) is 7.95. The van der Waals surface area contributed by atoms with E-state index in [1.54, 1.807) is 12.1 Å². The molecule has 1 aliphatic heterocycles. The quantitative estimate of drug-likeness (QED) is 0.840. The van der Waals surface area contributed by atoms with Gasteiger partial charge in [-0.05, 0) is 57.5 Å². The lowest BCUT2D eigenvalue weighted by Crippen LogP contribution is -2.42. The Balaban J connectivity index is 1.68. The Morgan fingerprint density at radius 2 is 2.04 bits per heavy atom. The number of carbonyl (C=O) groups is 1. The normalized spacial score (nSPS) is 17.8. The molecule has 26 heavy (non-hydrogen) atoms. The molecule has 2 aromatic rings. The van der Waals surface area contributed by atoms with Gasteiger partial charge in [-0.2, -0.15) is 0 Å². The summed E-state index contributed by atoms with van der Waals surface area (Å²) in [5.74, 6) is 1.30. The molecule has 0 spiro atoms. The molecule has 0 unspecified atom stereocenters. The van der Waals surface area contributed by atoms with E-state index in [2.05, 4.69) is 11.4 Å². The number of halogens is 1. The van der Waals surface area contributed by atoms with E-state index in [9.17, 15) is 4.79 Å². The fourth-order valence-corrected chi connectivity index (χ4v) is 3.31. The van der Waals surface area contributed by atoms with Crippen LogP contribution in [0.4, 0.5) is 0 Å². The lowest BCUT2D eigenvalue weighted by molar-refractivity contribution is -0.124. The van der Waals surface area contributed by atoms with Gasteiger partial charge in [0.15, 0.2) is 6.61 Å². The standard InChI is InChI=1S/C21H24ClNO3/c1-13-5-8-19-16(9-13)18(11-21(3,4)26-19)23-20(24)12-25-15-6-7-17(22)14(2)10-15/h5-10,18H,11-12H2,1-4H3,(H,23,24)/t18-/m1/s1. The molecule has 0 aromatic heterocycles. The molecule has 0 fully saturated rings.